The lowest BCUT2D eigenvalue weighted by Crippen LogP contribution is -2.44. The van der Waals surface area contributed by atoms with Gasteiger partial charge < -0.3 is 24.4 Å². The minimum atomic E-state index is -0.837. The Hall–Kier alpha value is -2.74. The molecule has 0 saturated carbocycles. The zero-order valence-corrected chi connectivity index (χ0v) is 20.5. The van der Waals surface area contributed by atoms with Crippen molar-refractivity contribution < 1.29 is 23.8 Å². The van der Waals surface area contributed by atoms with Crippen LogP contribution in [0, 0.1) is 17.7 Å². The van der Waals surface area contributed by atoms with Crippen LogP contribution in [-0.2, 0) is 4.79 Å². The fourth-order valence-corrected chi connectivity index (χ4v) is 5.24. The van der Waals surface area contributed by atoms with Gasteiger partial charge in [0.25, 0.3) is 0 Å². The number of hydrogen-bond acceptors (Lipinski definition) is 6. The van der Waals surface area contributed by atoms with Crippen molar-refractivity contribution >= 4 is 28.9 Å². The van der Waals surface area contributed by atoms with Gasteiger partial charge in [-0.3, -0.25) is 4.79 Å². The third kappa shape index (κ3) is 5.17. The van der Waals surface area contributed by atoms with Crippen LogP contribution < -0.4 is 19.3 Å². The summed E-state index contributed by atoms with van der Waals surface area (Å²) in [5.74, 6) is -0.0251. The van der Waals surface area contributed by atoms with E-state index in [-0.39, 0.29) is 36.2 Å². The smallest absolute Gasteiger partial charge is 0.305 e. The number of rotatable bonds is 7. The van der Waals surface area contributed by atoms with Crippen molar-refractivity contribution in [2.45, 2.75) is 45.3 Å². The Morgan fingerprint density at radius 2 is 2.03 bits per heavy atom. The molecule has 1 aromatic heterocycles. The predicted molar refractivity (Wildman–Crippen MR) is 130 cm³/mol. The lowest BCUT2D eigenvalue weighted by molar-refractivity contribution is -0.137. The Balaban J connectivity index is 1.42. The number of carboxylic acid groups (broad SMARTS) is 1. The standard InChI is InChI=1S/C25H31ClFN3O4/c1-15-6-9-30(20(15)12-24(31)32)17-4-5-23(19(27)10-17)34-22-7-8-29(14-16(22)2)21-11-18(33-3)13-28-25(21)26/h4-5,10-11,13,15-16,20,22H,6-9,12,14H2,1-3H3,(H,31,32)/t15-,16?,20+,22?/m1/s1. The minimum absolute atomic E-state index is 0.0456. The summed E-state index contributed by atoms with van der Waals surface area (Å²) >= 11 is 6.31. The molecule has 4 atom stereocenters. The number of piperidine rings is 1. The summed E-state index contributed by atoms with van der Waals surface area (Å²) in [7, 11) is 1.59. The molecule has 184 valence electrons. The molecule has 0 aliphatic carbocycles. The topological polar surface area (TPSA) is 75.1 Å². The molecule has 34 heavy (non-hydrogen) atoms. The second kappa shape index (κ2) is 10.3. The van der Waals surface area contributed by atoms with Crippen LogP contribution in [0.25, 0.3) is 0 Å². The van der Waals surface area contributed by atoms with Gasteiger partial charge in [0.05, 0.1) is 25.4 Å². The van der Waals surface area contributed by atoms with Gasteiger partial charge in [-0.15, -0.1) is 0 Å². The Morgan fingerprint density at radius 3 is 2.71 bits per heavy atom. The third-order valence-electron chi connectivity index (χ3n) is 6.99. The first-order chi connectivity index (χ1) is 16.3. The average Bonchev–Trinajstić information content (AvgIpc) is 3.16. The number of anilines is 2. The highest BCUT2D eigenvalue weighted by Gasteiger charge is 2.34. The number of nitrogens with zero attached hydrogens (tertiary/aromatic N) is 3. The van der Waals surface area contributed by atoms with Crippen molar-refractivity contribution in [3.8, 4) is 11.5 Å². The summed E-state index contributed by atoms with van der Waals surface area (Å²) in [6, 6.07) is 6.69. The quantitative estimate of drug-likeness (QED) is 0.554. The molecular formula is C25H31ClFN3O4. The number of carboxylic acids is 1. The zero-order valence-electron chi connectivity index (χ0n) is 19.7. The second-order valence-corrected chi connectivity index (χ2v) is 9.65. The molecule has 0 radical (unpaired) electrons. The van der Waals surface area contributed by atoms with E-state index in [1.54, 1.807) is 19.4 Å². The average molecular weight is 492 g/mol. The highest BCUT2D eigenvalue weighted by atomic mass is 35.5. The number of aliphatic carboxylic acids is 1. The first-order valence-corrected chi connectivity index (χ1v) is 12.0. The maximum Gasteiger partial charge on any atom is 0.305 e. The molecule has 1 aromatic carbocycles. The molecule has 4 rings (SSSR count). The fourth-order valence-electron chi connectivity index (χ4n) is 5.02. The van der Waals surface area contributed by atoms with E-state index in [4.69, 9.17) is 21.1 Å². The summed E-state index contributed by atoms with van der Waals surface area (Å²) in [5, 5.41) is 9.68. The van der Waals surface area contributed by atoms with Crippen molar-refractivity contribution in [1.29, 1.82) is 0 Å². The van der Waals surface area contributed by atoms with Crippen molar-refractivity contribution in [3.63, 3.8) is 0 Å². The molecule has 2 aliphatic rings. The van der Waals surface area contributed by atoms with E-state index in [9.17, 15) is 9.90 Å². The normalized spacial score (nSPS) is 24.9. The summed E-state index contributed by atoms with van der Waals surface area (Å²) in [4.78, 5) is 19.6. The van der Waals surface area contributed by atoms with Gasteiger partial charge in [-0.25, -0.2) is 9.37 Å². The summed E-state index contributed by atoms with van der Waals surface area (Å²) in [5.41, 5.74) is 1.51. The Kier molecular flexibility index (Phi) is 7.36. The number of carbonyl (C=O) groups is 1. The SMILES string of the molecule is COc1cnc(Cl)c(N2CCC(Oc3ccc(N4CC[C@@H](C)[C@@H]4CC(=O)O)cc3F)C(C)C2)c1. The van der Waals surface area contributed by atoms with E-state index in [2.05, 4.69) is 16.8 Å². The van der Waals surface area contributed by atoms with Gasteiger partial charge in [0.15, 0.2) is 16.7 Å². The molecule has 7 nitrogen and oxygen atoms in total. The summed E-state index contributed by atoms with van der Waals surface area (Å²) < 4.78 is 26.4. The van der Waals surface area contributed by atoms with Crippen LogP contribution in [0.1, 0.15) is 33.1 Å². The predicted octanol–water partition coefficient (Wildman–Crippen LogP) is 4.87. The molecule has 2 unspecified atom stereocenters. The molecular weight excluding hydrogens is 461 g/mol. The van der Waals surface area contributed by atoms with E-state index < -0.39 is 11.8 Å². The number of halogens is 2. The van der Waals surface area contributed by atoms with Crippen LogP contribution in [0.3, 0.4) is 0 Å². The highest BCUT2D eigenvalue weighted by Crippen LogP contribution is 2.36. The Labute approximate surface area is 204 Å². The largest absolute Gasteiger partial charge is 0.495 e. The van der Waals surface area contributed by atoms with Crippen LogP contribution in [-0.4, -0.2) is 54.9 Å². The first kappa shape index (κ1) is 24.4. The fraction of sp³-hybridized carbons (Fsp3) is 0.520. The van der Waals surface area contributed by atoms with Crippen molar-refractivity contribution in [2.75, 3.05) is 36.5 Å². The van der Waals surface area contributed by atoms with Crippen LogP contribution in [0.15, 0.2) is 30.5 Å². The van der Waals surface area contributed by atoms with E-state index in [0.717, 1.165) is 18.7 Å². The molecule has 9 heteroatoms. The van der Waals surface area contributed by atoms with Crippen molar-refractivity contribution in [3.05, 3.63) is 41.4 Å². The molecule has 0 amide bonds. The van der Waals surface area contributed by atoms with Crippen LogP contribution >= 0.6 is 11.6 Å². The molecule has 2 saturated heterocycles. The lowest BCUT2D eigenvalue weighted by atomic mass is 9.96. The maximum absolute atomic E-state index is 15.0. The molecule has 0 spiro atoms. The first-order valence-electron chi connectivity index (χ1n) is 11.7. The van der Waals surface area contributed by atoms with Gasteiger partial charge in [0.1, 0.15) is 11.9 Å². The lowest BCUT2D eigenvalue weighted by Gasteiger charge is -2.38. The third-order valence-corrected chi connectivity index (χ3v) is 7.28. The number of ether oxygens (including phenoxy) is 2. The molecule has 2 fully saturated rings. The van der Waals surface area contributed by atoms with E-state index in [0.29, 0.717) is 36.1 Å². The monoisotopic (exact) mass is 491 g/mol. The molecule has 2 aliphatic heterocycles. The van der Waals surface area contributed by atoms with Gasteiger partial charge in [0, 0.05) is 55.8 Å². The summed E-state index contributed by atoms with van der Waals surface area (Å²) in [6.07, 6.45) is 3.09. The highest BCUT2D eigenvalue weighted by molar-refractivity contribution is 6.32. The van der Waals surface area contributed by atoms with Gasteiger partial charge in [-0.05, 0) is 24.5 Å². The molecule has 2 aromatic rings. The number of hydrogen-bond donors (Lipinski definition) is 1. The van der Waals surface area contributed by atoms with Crippen molar-refractivity contribution in [1.82, 2.24) is 4.98 Å². The van der Waals surface area contributed by atoms with Crippen LogP contribution in [0.2, 0.25) is 5.15 Å². The minimum Gasteiger partial charge on any atom is -0.495 e. The van der Waals surface area contributed by atoms with Gasteiger partial charge >= 0.3 is 5.97 Å². The molecule has 0 bridgehead atoms. The van der Waals surface area contributed by atoms with Gasteiger partial charge in [0.2, 0.25) is 0 Å². The van der Waals surface area contributed by atoms with Crippen molar-refractivity contribution in [2.24, 2.45) is 11.8 Å². The van der Waals surface area contributed by atoms with E-state index >= 15 is 4.39 Å². The maximum atomic E-state index is 15.0. The van der Waals surface area contributed by atoms with E-state index in [1.165, 1.54) is 6.07 Å². The zero-order chi connectivity index (χ0) is 24.4. The number of methoxy groups -OCH3 is 1. The van der Waals surface area contributed by atoms with Gasteiger partial charge in [-0.2, -0.15) is 0 Å². The molecule has 1 N–H and O–H groups in total. The van der Waals surface area contributed by atoms with Gasteiger partial charge in [-0.1, -0.05) is 25.4 Å². The number of benzene rings is 1. The van der Waals surface area contributed by atoms with Crippen LogP contribution in [0.4, 0.5) is 15.8 Å². The number of pyridine rings is 1. The Morgan fingerprint density at radius 1 is 1.24 bits per heavy atom. The molecule has 3 heterocycles. The number of aromatic nitrogens is 1. The summed E-state index contributed by atoms with van der Waals surface area (Å²) in [6.45, 7) is 6.24. The second-order valence-electron chi connectivity index (χ2n) is 9.29. The van der Waals surface area contributed by atoms with Crippen LogP contribution in [0.5, 0.6) is 11.5 Å². The Bertz CT molecular complexity index is 1040. The van der Waals surface area contributed by atoms with E-state index in [1.807, 2.05) is 24.0 Å².